The Morgan fingerprint density at radius 2 is 0.872 bits per heavy atom. The smallest absolute Gasteiger partial charge is 0.200 e. The fraction of sp³-hybridized carbons (Fsp3) is 0. The van der Waals surface area contributed by atoms with Crippen LogP contribution in [0.3, 0.4) is 0 Å². The van der Waals surface area contributed by atoms with E-state index < -0.39 is 34.6 Å². The summed E-state index contributed by atoms with van der Waals surface area (Å²) in [6, 6.07) is 26.0. The van der Waals surface area contributed by atoms with Crippen LogP contribution in [0.1, 0.15) is 0 Å². The molecular formula is C32H13F5S2. The van der Waals surface area contributed by atoms with Gasteiger partial charge in [-0.05, 0) is 69.6 Å². The number of benzene rings is 6. The molecule has 0 aliphatic heterocycles. The zero-order valence-electron chi connectivity index (χ0n) is 19.7. The van der Waals surface area contributed by atoms with E-state index in [1.807, 2.05) is 12.1 Å². The third-order valence-electron chi connectivity index (χ3n) is 7.39. The van der Waals surface area contributed by atoms with Gasteiger partial charge in [-0.25, -0.2) is 22.0 Å². The van der Waals surface area contributed by atoms with Crippen molar-refractivity contribution < 1.29 is 22.0 Å². The molecule has 0 amide bonds. The van der Waals surface area contributed by atoms with Gasteiger partial charge in [0.05, 0.1) is 5.56 Å². The van der Waals surface area contributed by atoms with E-state index >= 15 is 0 Å². The fourth-order valence-corrected chi connectivity index (χ4v) is 7.82. The van der Waals surface area contributed by atoms with Crippen LogP contribution in [0.2, 0.25) is 0 Å². The number of thiophene rings is 2. The lowest BCUT2D eigenvalue weighted by atomic mass is 10.0. The molecule has 2 heterocycles. The zero-order chi connectivity index (χ0) is 26.6. The van der Waals surface area contributed by atoms with Crippen molar-refractivity contribution in [2.45, 2.75) is 0 Å². The Labute approximate surface area is 225 Å². The van der Waals surface area contributed by atoms with Crippen molar-refractivity contribution in [1.82, 2.24) is 0 Å². The molecule has 7 heteroatoms. The van der Waals surface area contributed by atoms with E-state index in [9.17, 15) is 22.0 Å². The van der Waals surface area contributed by atoms with Crippen molar-refractivity contribution in [3.05, 3.63) is 108 Å². The molecule has 0 unspecified atom stereocenters. The summed E-state index contributed by atoms with van der Waals surface area (Å²) in [6.07, 6.45) is 0. The molecule has 6 aromatic carbocycles. The molecule has 0 aliphatic rings. The molecule has 0 fully saturated rings. The minimum Gasteiger partial charge on any atom is -0.203 e. The largest absolute Gasteiger partial charge is 0.203 e. The van der Waals surface area contributed by atoms with Gasteiger partial charge in [-0.1, -0.05) is 36.4 Å². The van der Waals surface area contributed by atoms with E-state index in [-0.39, 0.29) is 5.56 Å². The van der Waals surface area contributed by atoms with Crippen molar-refractivity contribution in [3.8, 4) is 11.1 Å². The standard InChI is InChI=1S/C32H13F5S2/c33-28-27(29(34)31(36)32(37)30(28)35)16-5-6-19-21-12-26-22(13-25(21)38-23(19)10-16)20-9-17-7-14-3-1-2-4-15(14)8-18(17)11-24(20)39-26/h1-13H. The van der Waals surface area contributed by atoms with Gasteiger partial charge >= 0.3 is 0 Å². The molecule has 0 aliphatic carbocycles. The number of halogens is 5. The Balaban J connectivity index is 1.34. The maximum Gasteiger partial charge on any atom is 0.200 e. The van der Waals surface area contributed by atoms with E-state index in [2.05, 4.69) is 48.5 Å². The van der Waals surface area contributed by atoms with E-state index in [1.165, 1.54) is 44.3 Å². The van der Waals surface area contributed by atoms with Crippen LogP contribution in [0.5, 0.6) is 0 Å². The second kappa shape index (κ2) is 7.97. The van der Waals surface area contributed by atoms with Crippen LogP contribution >= 0.6 is 22.7 Å². The van der Waals surface area contributed by atoms with E-state index in [1.54, 1.807) is 17.4 Å². The molecule has 0 saturated carbocycles. The van der Waals surface area contributed by atoms with Gasteiger partial charge in [0, 0.05) is 40.3 Å². The first-order valence-corrected chi connectivity index (χ1v) is 13.7. The summed E-state index contributed by atoms with van der Waals surface area (Å²) < 4.78 is 74.1. The lowest BCUT2D eigenvalue weighted by molar-refractivity contribution is 0.381. The van der Waals surface area contributed by atoms with Crippen LogP contribution in [-0.2, 0) is 0 Å². The highest BCUT2D eigenvalue weighted by molar-refractivity contribution is 7.27. The first-order chi connectivity index (χ1) is 18.9. The SMILES string of the molecule is Fc1c(F)c(F)c(-c2ccc3c(c2)sc2cc4c(cc23)sc2cc3cc5ccccc5cc3cc24)c(F)c1F. The highest BCUT2D eigenvalue weighted by Crippen LogP contribution is 2.44. The lowest BCUT2D eigenvalue weighted by Gasteiger charge is -2.08. The Hall–Kier alpha value is -4.07. The molecule has 0 saturated heterocycles. The van der Waals surface area contributed by atoms with Crippen LogP contribution in [0.4, 0.5) is 22.0 Å². The van der Waals surface area contributed by atoms with E-state index in [4.69, 9.17) is 0 Å². The summed E-state index contributed by atoms with van der Waals surface area (Å²) in [7, 11) is 0. The normalized spacial score (nSPS) is 12.2. The third kappa shape index (κ3) is 3.20. The molecule has 8 aromatic rings. The zero-order valence-corrected chi connectivity index (χ0v) is 21.3. The average molecular weight is 557 g/mol. The van der Waals surface area contributed by atoms with E-state index in [0.717, 1.165) is 36.3 Å². The summed E-state index contributed by atoms with van der Waals surface area (Å²) >= 11 is 3.13. The quantitative estimate of drug-likeness (QED) is 0.0816. The number of hydrogen-bond donors (Lipinski definition) is 0. The molecule has 0 nitrogen and oxygen atoms in total. The predicted octanol–water partition coefficient (Wildman–Crippen LogP) is 11.1. The molecule has 0 bridgehead atoms. The molecule has 2 aromatic heterocycles. The van der Waals surface area contributed by atoms with Crippen LogP contribution in [-0.4, -0.2) is 0 Å². The second-order valence-corrected chi connectivity index (χ2v) is 11.8. The van der Waals surface area contributed by atoms with Gasteiger partial charge in [0.25, 0.3) is 0 Å². The van der Waals surface area contributed by atoms with Gasteiger partial charge in [0.15, 0.2) is 23.3 Å². The maximum absolute atomic E-state index is 14.5. The Kier molecular flexibility index (Phi) is 4.68. The summed E-state index contributed by atoms with van der Waals surface area (Å²) in [5, 5.41) is 8.82. The van der Waals surface area contributed by atoms with Gasteiger partial charge < -0.3 is 0 Å². The fourth-order valence-electron chi connectivity index (χ4n) is 5.50. The van der Waals surface area contributed by atoms with Crippen LogP contribution in [0.15, 0.2) is 78.9 Å². The molecule has 188 valence electrons. The summed E-state index contributed by atoms with van der Waals surface area (Å²) in [4.78, 5) is 0. The van der Waals surface area contributed by atoms with Crippen molar-refractivity contribution in [3.63, 3.8) is 0 Å². The first kappa shape index (κ1) is 22.9. The molecule has 39 heavy (non-hydrogen) atoms. The van der Waals surface area contributed by atoms with E-state index in [0.29, 0.717) is 4.70 Å². The summed E-state index contributed by atoms with van der Waals surface area (Å²) in [5.41, 5.74) is -0.982. The molecule has 0 N–H and O–H groups in total. The topological polar surface area (TPSA) is 0 Å². The van der Waals surface area contributed by atoms with Crippen molar-refractivity contribution in [2.24, 2.45) is 0 Å². The predicted molar refractivity (Wildman–Crippen MR) is 152 cm³/mol. The third-order valence-corrected chi connectivity index (χ3v) is 9.62. The van der Waals surface area contributed by atoms with Crippen LogP contribution < -0.4 is 0 Å². The van der Waals surface area contributed by atoms with Crippen molar-refractivity contribution in [1.29, 1.82) is 0 Å². The highest BCUT2D eigenvalue weighted by Gasteiger charge is 2.27. The van der Waals surface area contributed by atoms with Crippen molar-refractivity contribution >= 4 is 84.6 Å². The monoisotopic (exact) mass is 556 g/mol. The highest BCUT2D eigenvalue weighted by atomic mass is 32.1. The van der Waals surface area contributed by atoms with Gasteiger partial charge in [-0.2, -0.15) is 0 Å². The minimum absolute atomic E-state index is 0.0622. The van der Waals surface area contributed by atoms with Crippen LogP contribution in [0, 0.1) is 29.1 Å². The van der Waals surface area contributed by atoms with Gasteiger partial charge in [0.1, 0.15) is 0 Å². The lowest BCUT2D eigenvalue weighted by Crippen LogP contribution is -2.03. The number of hydrogen-bond acceptors (Lipinski definition) is 2. The average Bonchev–Trinajstić information content (AvgIpc) is 3.47. The minimum atomic E-state index is -2.16. The number of rotatable bonds is 1. The number of fused-ring (bicyclic) bond motifs is 8. The molecule has 0 spiro atoms. The molecular weight excluding hydrogens is 543 g/mol. The van der Waals surface area contributed by atoms with Gasteiger partial charge in [-0.3, -0.25) is 0 Å². The molecule has 0 atom stereocenters. The van der Waals surface area contributed by atoms with Crippen molar-refractivity contribution in [2.75, 3.05) is 0 Å². The Bertz CT molecular complexity index is 2320. The van der Waals surface area contributed by atoms with Crippen LogP contribution in [0.25, 0.3) is 73.0 Å². The maximum atomic E-state index is 14.5. The molecule has 8 rings (SSSR count). The molecule has 0 radical (unpaired) electrons. The van der Waals surface area contributed by atoms with Gasteiger partial charge in [-0.15, -0.1) is 22.7 Å². The first-order valence-electron chi connectivity index (χ1n) is 12.0. The summed E-state index contributed by atoms with van der Waals surface area (Å²) in [5.74, 6) is -9.73. The van der Waals surface area contributed by atoms with Gasteiger partial charge in [0.2, 0.25) is 5.82 Å². The Morgan fingerprint density at radius 3 is 1.51 bits per heavy atom. The second-order valence-electron chi connectivity index (χ2n) is 9.60. The Morgan fingerprint density at radius 1 is 0.385 bits per heavy atom. The summed E-state index contributed by atoms with van der Waals surface area (Å²) in [6.45, 7) is 0.